The molecular weight excluding hydrogens is 407 g/mol. The normalized spacial score (nSPS) is 10.7. The van der Waals surface area contributed by atoms with E-state index in [2.05, 4.69) is 10.4 Å². The van der Waals surface area contributed by atoms with E-state index >= 15 is 0 Å². The summed E-state index contributed by atoms with van der Waals surface area (Å²) in [5.41, 5.74) is 3.88. The van der Waals surface area contributed by atoms with Crippen molar-refractivity contribution in [1.82, 2.24) is 14.7 Å². The molecule has 1 N–H and O–H groups in total. The third-order valence-corrected chi connectivity index (χ3v) is 5.24. The van der Waals surface area contributed by atoms with Gasteiger partial charge in [0.2, 0.25) is 5.91 Å². The maximum Gasteiger partial charge on any atom is 0.259 e. The van der Waals surface area contributed by atoms with Crippen LogP contribution in [0, 0.1) is 26.6 Å². The highest BCUT2D eigenvalue weighted by Crippen LogP contribution is 2.25. The molecule has 2 amide bonds. The SMILES string of the molecule is Cc1cccc(NC(=O)CN(C)C(=O)c2c(C)nn(-c3ccc(F)cc3)c2Cl)c1C. The van der Waals surface area contributed by atoms with Crippen LogP contribution in [0.3, 0.4) is 0 Å². The number of nitrogens with one attached hydrogen (secondary N) is 1. The Kier molecular flexibility index (Phi) is 6.22. The fourth-order valence-corrected chi connectivity index (χ4v) is 3.40. The molecule has 2 aromatic carbocycles. The lowest BCUT2D eigenvalue weighted by Gasteiger charge is -2.18. The Bertz CT molecular complexity index is 1110. The van der Waals surface area contributed by atoms with E-state index in [1.54, 1.807) is 6.92 Å². The van der Waals surface area contributed by atoms with Gasteiger partial charge in [-0.25, -0.2) is 9.07 Å². The summed E-state index contributed by atoms with van der Waals surface area (Å²) >= 11 is 6.41. The topological polar surface area (TPSA) is 67.2 Å². The summed E-state index contributed by atoms with van der Waals surface area (Å²) in [6.07, 6.45) is 0. The van der Waals surface area contributed by atoms with E-state index in [0.717, 1.165) is 11.1 Å². The van der Waals surface area contributed by atoms with Crippen LogP contribution in [-0.2, 0) is 4.79 Å². The van der Waals surface area contributed by atoms with Crippen LogP contribution in [0.15, 0.2) is 42.5 Å². The number of carbonyl (C=O) groups is 2. The van der Waals surface area contributed by atoms with E-state index in [0.29, 0.717) is 17.1 Å². The molecule has 0 fully saturated rings. The van der Waals surface area contributed by atoms with Gasteiger partial charge in [-0.1, -0.05) is 23.7 Å². The number of rotatable bonds is 5. The summed E-state index contributed by atoms with van der Waals surface area (Å²) < 4.78 is 14.6. The van der Waals surface area contributed by atoms with E-state index in [-0.39, 0.29) is 29.0 Å². The molecule has 0 aliphatic heterocycles. The van der Waals surface area contributed by atoms with Gasteiger partial charge in [0.15, 0.2) is 0 Å². The van der Waals surface area contributed by atoms with Crippen LogP contribution in [0.2, 0.25) is 5.15 Å². The van der Waals surface area contributed by atoms with Crippen LogP contribution in [0.1, 0.15) is 27.2 Å². The zero-order valence-corrected chi connectivity index (χ0v) is 17.9. The highest BCUT2D eigenvalue weighted by Gasteiger charge is 2.25. The van der Waals surface area contributed by atoms with Crippen LogP contribution < -0.4 is 5.32 Å². The maximum atomic E-state index is 13.2. The molecule has 0 saturated carbocycles. The van der Waals surface area contributed by atoms with Gasteiger partial charge in [-0.05, 0) is 62.2 Å². The fourth-order valence-electron chi connectivity index (χ4n) is 3.05. The molecule has 0 bridgehead atoms. The van der Waals surface area contributed by atoms with Gasteiger partial charge in [0.25, 0.3) is 5.91 Å². The average molecular weight is 429 g/mol. The Hall–Kier alpha value is -3.19. The largest absolute Gasteiger partial charge is 0.332 e. The van der Waals surface area contributed by atoms with E-state index < -0.39 is 5.91 Å². The quantitative estimate of drug-likeness (QED) is 0.658. The molecule has 3 rings (SSSR count). The number of hydrogen-bond donors (Lipinski definition) is 1. The molecule has 0 aliphatic carbocycles. The molecular formula is C22H22ClFN4O2. The number of likely N-dealkylation sites (N-methyl/N-ethyl adjacent to an activating group) is 1. The molecule has 6 nitrogen and oxygen atoms in total. The standard InChI is InChI=1S/C22H22ClFN4O2/c1-13-6-5-7-18(14(13)2)25-19(29)12-27(4)22(30)20-15(3)26-28(21(20)23)17-10-8-16(24)9-11-17/h5-11H,12H2,1-4H3,(H,25,29). The van der Waals surface area contributed by atoms with Crippen molar-refractivity contribution < 1.29 is 14.0 Å². The van der Waals surface area contributed by atoms with Crippen molar-refractivity contribution in [1.29, 1.82) is 0 Å². The van der Waals surface area contributed by atoms with Crippen molar-refractivity contribution in [3.8, 4) is 5.69 Å². The zero-order chi connectivity index (χ0) is 22.0. The van der Waals surface area contributed by atoms with Gasteiger partial charge >= 0.3 is 0 Å². The van der Waals surface area contributed by atoms with Crippen molar-refractivity contribution in [2.24, 2.45) is 0 Å². The van der Waals surface area contributed by atoms with E-state index in [9.17, 15) is 14.0 Å². The number of hydrogen-bond acceptors (Lipinski definition) is 3. The van der Waals surface area contributed by atoms with Crippen LogP contribution in [0.25, 0.3) is 5.69 Å². The Morgan fingerprint density at radius 1 is 1.13 bits per heavy atom. The molecule has 1 heterocycles. The second-order valence-electron chi connectivity index (χ2n) is 7.10. The molecule has 30 heavy (non-hydrogen) atoms. The van der Waals surface area contributed by atoms with Crippen molar-refractivity contribution in [3.63, 3.8) is 0 Å². The number of halogens is 2. The van der Waals surface area contributed by atoms with Gasteiger partial charge in [-0.3, -0.25) is 9.59 Å². The highest BCUT2D eigenvalue weighted by atomic mass is 35.5. The number of anilines is 1. The molecule has 156 valence electrons. The molecule has 1 aromatic heterocycles. The summed E-state index contributed by atoms with van der Waals surface area (Å²) in [5, 5.41) is 7.23. The predicted octanol–water partition coefficient (Wildman–Crippen LogP) is 4.30. The lowest BCUT2D eigenvalue weighted by atomic mass is 10.1. The van der Waals surface area contributed by atoms with Crippen molar-refractivity contribution in [2.75, 3.05) is 18.9 Å². The smallest absolute Gasteiger partial charge is 0.259 e. The lowest BCUT2D eigenvalue weighted by molar-refractivity contribution is -0.116. The molecule has 0 spiro atoms. The lowest BCUT2D eigenvalue weighted by Crippen LogP contribution is -2.35. The summed E-state index contributed by atoms with van der Waals surface area (Å²) in [7, 11) is 1.52. The molecule has 0 unspecified atom stereocenters. The van der Waals surface area contributed by atoms with E-state index in [1.165, 1.54) is 40.9 Å². The van der Waals surface area contributed by atoms with Crippen LogP contribution in [0.5, 0.6) is 0 Å². The first kappa shape index (κ1) is 21.5. The predicted molar refractivity (Wildman–Crippen MR) is 115 cm³/mol. The first-order valence-electron chi connectivity index (χ1n) is 9.31. The number of amides is 2. The Labute approximate surface area is 179 Å². The third kappa shape index (κ3) is 4.36. The second-order valence-corrected chi connectivity index (χ2v) is 7.45. The molecule has 0 saturated heterocycles. The fraction of sp³-hybridized carbons (Fsp3) is 0.227. The van der Waals surface area contributed by atoms with Crippen molar-refractivity contribution in [2.45, 2.75) is 20.8 Å². The minimum absolute atomic E-state index is 0.103. The minimum atomic E-state index is -0.429. The summed E-state index contributed by atoms with van der Waals surface area (Å²) in [6, 6.07) is 11.2. The average Bonchev–Trinajstić information content (AvgIpc) is 2.99. The molecule has 0 atom stereocenters. The number of carbonyl (C=O) groups excluding carboxylic acids is 2. The van der Waals surface area contributed by atoms with Gasteiger partial charge in [-0.2, -0.15) is 5.10 Å². The van der Waals surface area contributed by atoms with E-state index in [1.807, 2.05) is 32.0 Å². The second kappa shape index (κ2) is 8.67. The zero-order valence-electron chi connectivity index (χ0n) is 17.2. The van der Waals surface area contributed by atoms with Crippen LogP contribution >= 0.6 is 11.6 Å². The summed E-state index contributed by atoms with van der Waals surface area (Å²) in [6.45, 7) is 5.39. The first-order valence-corrected chi connectivity index (χ1v) is 9.69. The molecule has 3 aromatic rings. The van der Waals surface area contributed by atoms with E-state index in [4.69, 9.17) is 11.6 Å². The molecule has 8 heteroatoms. The van der Waals surface area contributed by atoms with Gasteiger partial charge in [-0.15, -0.1) is 0 Å². The Balaban J connectivity index is 1.77. The monoisotopic (exact) mass is 428 g/mol. The van der Waals surface area contributed by atoms with Crippen molar-refractivity contribution >= 4 is 29.1 Å². The summed E-state index contributed by atoms with van der Waals surface area (Å²) in [5.74, 6) is -1.13. The molecule has 0 radical (unpaired) electrons. The van der Waals surface area contributed by atoms with Crippen LogP contribution in [0.4, 0.5) is 10.1 Å². The molecule has 0 aliphatic rings. The minimum Gasteiger partial charge on any atom is -0.332 e. The van der Waals surface area contributed by atoms with Crippen LogP contribution in [-0.4, -0.2) is 40.1 Å². The Morgan fingerprint density at radius 2 is 1.80 bits per heavy atom. The number of nitrogens with zero attached hydrogens (tertiary/aromatic N) is 3. The first-order chi connectivity index (χ1) is 14.2. The van der Waals surface area contributed by atoms with Gasteiger partial charge < -0.3 is 10.2 Å². The van der Waals surface area contributed by atoms with Gasteiger partial charge in [0.1, 0.15) is 11.0 Å². The number of benzene rings is 2. The highest BCUT2D eigenvalue weighted by molar-refractivity contribution is 6.33. The maximum absolute atomic E-state index is 13.2. The third-order valence-electron chi connectivity index (χ3n) is 4.90. The summed E-state index contributed by atoms with van der Waals surface area (Å²) in [4.78, 5) is 26.7. The van der Waals surface area contributed by atoms with Crippen molar-refractivity contribution in [3.05, 3.63) is 75.8 Å². The number of aromatic nitrogens is 2. The van der Waals surface area contributed by atoms with Gasteiger partial charge in [0, 0.05) is 12.7 Å². The van der Waals surface area contributed by atoms with Gasteiger partial charge in [0.05, 0.1) is 23.5 Å². The number of aryl methyl sites for hydroxylation is 2. The Morgan fingerprint density at radius 3 is 2.47 bits per heavy atom.